The highest BCUT2D eigenvalue weighted by molar-refractivity contribution is 5.81. The van der Waals surface area contributed by atoms with Crippen LogP contribution in [0.15, 0.2) is 24.3 Å². The quantitative estimate of drug-likeness (QED) is 0.696. The van der Waals surface area contributed by atoms with Gasteiger partial charge in [0, 0.05) is 25.6 Å². The highest BCUT2D eigenvalue weighted by Crippen LogP contribution is 2.30. The third kappa shape index (κ3) is 2.71. The highest BCUT2D eigenvalue weighted by Gasteiger charge is 2.29. The van der Waals surface area contributed by atoms with E-state index in [9.17, 15) is 9.90 Å². The molecule has 1 fully saturated rings. The molecule has 1 aromatic carbocycles. The molecule has 2 aliphatic rings. The molecule has 2 aliphatic heterocycles. The predicted octanol–water partition coefficient (Wildman–Crippen LogP) is -0.477. The van der Waals surface area contributed by atoms with Crippen LogP contribution in [0.3, 0.4) is 0 Å². The minimum absolute atomic E-state index is 0.0516. The third-order valence-electron chi connectivity index (χ3n) is 3.64. The number of fused-ring (bicyclic) bond motifs is 1. The average molecular weight is 278 g/mol. The number of benzene rings is 1. The van der Waals surface area contributed by atoms with Crippen molar-refractivity contribution in [3.8, 4) is 11.5 Å². The van der Waals surface area contributed by atoms with Crippen LogP contribution in [0.1, 0.15) is 0 Å². The Kier molecular flexibility index (Phi) is 3.75. The lowest BCUT2D eigenvalue weighted by Crippen LogP contribution is -2.46. The second-order valence-corrected chi connectivity index (χ2v) is 5.10. The zero-order chi connectivity index (χ0) is 13.9. The van der Waals surface area contributed by atoms with E-state index in [0.29, 0.717) is 31.1 Å². The zero-order valence-corrected chi connectivity index (χ0v) is 11.0. The van der Waals surface area contributed by atoms with Crippen LogP contribution in [0.4, 0.5) is 0 Å². The summed E-state index contributed by atoms with van der Waals surface area (Å²) in [4.78, 5) is 12.1. The lowest BCUT2D eigenvalue weighted by Gasteiger charge is -2.26. The summed E-state index contributed by atoms with van der Waals surface area (Å²) in [5.41, 5.74) is 0. The Bertz CT molecular complexity index is 494. The summed E-state index contributed by atoms with van der Waals surface area (Å²) in [5.74, 6) is 1.09. The summed E-state index contributed by atoms with van der Waals surface area (Å²) in [6.45, 7) is 1.94. The molecule has 108 valence electrons. The maximum atomic E-state index is 12.1. The van der Waals surface area contributed by atoms with Gasteiger partial charge in [-0.1, -0.05) is 12.1 Å². The summed E-state index contributed by atoms with van der Waals surface area (Å²) >= 11 is 0. The third-order valence-corrected chi connectivity index (χ3v) is 3.64. The molecule has 3 atom stereocenters. The van der Waals surface area contributed by atoms with Crippen molar-refractivity contribution in [1.82, 2.24) is 10.6 Å². The van der Waals surface area contributed by atoms with Gasteiger partial charge in [-0.2, -0.15) is 0 Å². The molecule has 1 amide bonds. The number of aliphatic hydroxyl groups excluding tert-OH is 1. The van der Waals surface area contributed by atoms with E-state index >= 15 is 0 Å². The van der Waals surface area contributed by atoms with E-state index in [2.05, 4.69) is 10.6 Å². The normalized spacial score (nSPS) is 28.1. The molecule has 0 saturated carbocycles. The Morgan fingerprint density at radius 3 is 2.90 bits per heavy atom. The minimum Gasteiger partial charge on any atom is -0.485 e. The molecule has 0 aromatic heterocycles. The van der Waals surface area contributed by atoms with E-state index in [-0.39, 0.29) is 18.4 Å². The molecular weight excluding hydrogens is 260 g/mol. The first-order valence-corrected chi connectivity index (χ1v) is 6.79. The Labute approximate surface area is 117 Å². The molecule has 0 aliphatic carbocycles. The van der Waals surface area contributed by atoms with Crippen LogP contribution >= 0.6 is 0 Å². The number of ether oxygens (including phenoxy) is 2. The number of hydrogen-bond donors (Lipinski definition) is 3. The summed E-state index contributed by atoms with van der Waals surface area (Å²) in [5, 5.41) is 15.6. The number of aliphatic hydroxyl groups is 1. The molecule has 3 unspecified atom stereocenters. The number of amides is 1. The maximum Gasteiger partial charge on any atom is 0.264 e. The molecule has 20 heavy (non-hydrogen) atoms. The van der Waals surface area contributed by atoms with Crippen molar-refractivity contribution < 1.29 is 19.4 Å². The van der Waals surface area contributed by atoms with Gasteiger partial charge in [0.05, 0.1) is 6.10 Å². The fraction of sp³-hybridized carbons (Fsp3) is 0.500. The van der Waals surface area contributed by atoms with Gasteiger partial charge in [0.25, 0.3) is 5.91 Å². The van der Waals surface area contributed by atoms with Gasteiger partial charge in [-0.05, 0) is 12.1 Å². The lowest BCUT2D eigenvalue weighted by molar-refractivity contribution is -0.130. The first kappa shape index (κ1) is 13.2. The monoisotopic (exact) mass is 278 g/mol. The van der Waals surface area contributed by atoms with Crippen molar-refractivity contribution in [1.29, 1.82) is 0 Å². The van der Waals surface area contributed by atoms with Crippen LogP contribution in [0.25, 0.3) is 0 Å². The van der Waals surface area contributed by atoms with E-state index in [1.165, 1.54) is 0 Å². The molecule has 3 rings (SSSR count). The van der Waals surface area contributed by atoms with Gasteiger partial charge in [-0.3, -0.25) is 4.79 Å². The molecular formula is C14H18N2O4. The Hall–Kier alpha value is -1.79. The van der Waals surface area contributed by atoms with Crippen LogP contribution in [0, 0.1) is 5.92 Å². The SMILES string of the molecule is O=C(NCC1CNCC1O)C1COc2ccccc2O1. The molecule has 2 heterocycles. The minimum atomic E-state index is -0.642. The standard InChI is InChI=1S/C14H18N2O4/c17-10-7-15-5-9(10)6-16-14(18)13-8-19-11-3-1-2-4-12(11)20-13/h1-4,9-10,13,15,17H,5-8H2,(H,16,18). The second kappa shape index (κ2) is 5.68. The second-order valence-electron chi connectivity index (χ2n) is 5.10. The zero-order valence-electron chi connectivity index (χ0n) is 11.0. The van der Waals surface area contributed by atoms with Gasteiger partial charge in [0.15, 0.2) is 11.5 Å². The molecule has 3 N–H and O–H groups in total. The van der Waals surface area contributed by atoms with E-state index in [4.69, 9.17) is 9.47 Å². The van der Waals surface area contributed by atoms with Crippen molar-refractivity contribution in [3.05, 3.63) is 24.3 Å². The number of hydrogen-bond acceptors (Lipinski definition) is 5. The first-order valence-electron chi connectivity index (χ1n) is 6.79. The van der Waals surface area contributed by atoms with Crippen LogP contribution in [0.2, 0.25) is 0 Å². The number of carbonyl (C=O) groups excluding carboxylic acids is 1. The molecule has 0 spiro atoms. The molecule has 1 aromatic rings. The van der Waals surface area contributed by atoms with Gasteiger partial charge in [0.2, 0.25) is 6.10 Å². The van der Waals surface area contributed by atoms with Gasteiger partial charge >= 0.3 is 0 Å². The van der Waals surface area contributed by atoms with Crippen LogP contribution < -0.4 is 20.1 Å². The smallest absolute Gasteiger partial charge is 0.264 e. The molecule has 6 nitrogen and oxygen atoms in total. The summed E-state index contributed by atoms with van der Waals surface area (Å²) in [7, 11) is 0. The van der Waals surface area contributed by atoms with Crippen molar-refractivity contribution >= 4 is 5.91 Å². The molecule has 0 radical (unpaired) electrons. The topological polar surface area (TPSA) is 79.8 Å². The largest absolute Gasteiger partial charge is 0.485 e. The predicted molar refractivity (Wildman–Crippen MR) is 71.7 cm³/mol. The van der Waals surface area contributed by atoms with Crippen molar-refractivity contribution in [2.75, 3.05) is 26.2 Å². The van der Waals surface area contributed by atoms with Crippen molar-refractivity contribution in [2.24, 2.45) is 5.92 Å². The van der Waals surface area contributed by atoms with Gasteiger partial charge < -0.3 is 25.2 Å². The Morgan fingerprint density at radius 2 is 2.15 bits per heavy atom. The van der Waals surface area contributed by atoms with E-state index in [1.807, 2.05) is 18.2 Å². The van der Waals surface area contributed by atoms with Gasteiger partial charge in [-0.25, -0.2) is 0 Å². The lowest BCUT2D eigenvalue weighted by atomic mass is 10.1. The number of β-amino-alcohol motifs (C(OH)–C–C–N with tert-alkyl or cyclic N) is 1. The summed E-state index contributed by atoms with van der Waals surface area (Å²) < 4.78 is 11.1. The van der Waals surface area contributed by atoms with Crippen LogP contribution in [-0.2, 0) is 4.79 Å². The van der Waals surface area contributed by atoms with Gasteiger partial charge in [0.1, 0.15) is 6.61 Å². The van der Waals surface area contributed by atoms with E-state index < -0.39 is 12.2 Å². The average Bonchev–Trinajstić information content (AvgIpc) is 2.89. The van der Waals surface area contributed by atoms with E-state index in [1.54, 1.807) is 6.07 Å². The summed E-state index contributed by atoms with van der Waals surface area (Å²) in [6, 6.07) is 7.28. The molecule has 1 saturated heterocycles. The number of carbonyl (C=O) groups is 1. The van der Waals surface area contributed by atoms with E-state index in [0.717, 1.165) is 0 Å². The number of para-hydroxylation sites is 2. The highest BCUT2D eigenvalue weighted by atomic mass is 16.6. The van der Waals surface area contributed by atoms with Crippen LogP contribution in [0.5, 0.6) is 11.5 Å². The first-order chi connectivity index (χ1) is 9.74. The fourth-order valence-corrected chi connectivity index (χ4v) is 2.42. The van der Waals surface area contributed by atoms with Crippen LogP contribution in [-0.4, -0.2) is 49.5 Å². The molecule has 0 bridgehead atoms. The maximum absolute atomic E-state index is 12.1. The fourth-order valence-electron chi connectivity index (χ4n) is 2.42. The van der Waals surface area contributed by atoms with Crippen molar-refractivity contribution in [2.45, 2.75) is 12.2 Å². The number of nitrogens with one attached hydrogen (secondary N) is 2. The Morgan fingerprint density at radius 1 is 1.35 bits per heavy atom. The molecule has 6 heteroatoms. The van der Waals surface area contributed by atoms with Gasteiger partial charge in [-0.15, -0.1) is 0 Å². The Balaban J connectivity index is 1.54. The summed E-state index contributed by atoms with van der Waals surface area (Å²) in [6.07, 6.45) is -1.05. The van der Waals surface area contributed by atoms with Crippen molar-refractivity contribution in [3.63, 3.8) is 0 Å². The number of rotatable bonds is 3.